The first-order chi connectivity index (χ1) is 14.3. The van der Waals surface area contributed by atoms with Crippen LogP contribution in [-0.2, 0) is 23.1 Å². The summed E-state index contributed by atoms with van der Waals surface area (Å²) < 4.78 is 34.1. The molecule has 0 aliphatic rings. The second kappa shape index (κ2) is 8.22. The van der Waals surface area contributed by atoms with Crippen LogP contribution in [0.3, 0.4) is 0 Å². The van der Waals surface area contributed by atoms with Crippen molar-refractivity contribution in [2.75, 3.05) is 0 Å². The van der Waals surface area contributed by atoms with Gasteiger partial charge in [0.1, 0.15) is 5.76 Å². The summed E-state index contributed by atoms with van der Waals surface area (Å²) in [4.78, 5) is 15.7. The van der Waals surface area contributed by atoms with E-state index in [-0.39, 0.29) is 23.5 Å². The molecule has 0 atom stereocenters. The molecule has 0 bridgehead atoms. The van der Waals surface area contributed by atoms with E-state index in [4.69, 9.17) is 4.42 Å². The Balaban J connectivity index is 1.76. The molecule has 4 rings (SSSR count). The second-order valence-electron chi connectivity index (χ2n) is 7.02. The number of aromatic nitrogens is 1. The number of aryl methyl sites for hydroxylation is 1. The third-order valence-corrected chi connectivity index (χ3v) is 7.12. The minimum atomic E-state index is -3.87. The number of hydrogen-bond acceptors (Lipinski definition) is 4. The largest absolute Gasteiger partial charge is 0.468 e. The summed E-state index contributed by atoms with van der Waals surface area (Å²) in [6.45, 7) is 1.87. The number of furan rings is 1. The maximum absolute atomic E-state index is 13.4. The number of H-pyrrole nitrogens is 1. The summed E-state index contributed by atoms with van der Waals surface area (Å²) in [6, 6.07) is 17.3. The van der Waals surface area contributed by atoms with Crippen LogP contribution in [0.1, 0.15) is 16.9 Å². The summed E-state index contributed by atoms with van der Waals surface area (Å²) >= 11 is 3.32. The Hall–Kier alpha value is -2.68. The van der Waals surface area contributed by atoms with Gasteiger partial charge in [-0.25, -0.2) is 8.42 Å². The Morgan fingerprint density at radius 1 is 1.03 bits per heavy atom. The fourth-order valence-corrected chi connectivity index (χ4v) is 4.87. The second-order valence-corrected chi connectivity index (χ2v) is 9.87. The summed E-state index contributed by atoms with van der Waals surface area (Å²) in [5, 5.41) is 0.842. The van der Waals surface area contributed by atoms with Crippen LogP contribution in [0.15, 0.2) is 85.5 Å². The quantitative estimate of drug-likeness (QED) is 0.432. The lowest BCUT2D eigenvalue weighted by atomic mass is 10.1. The van der Waals surface area contributed by atoms with E-state index in [1.54, 1.807) is 30.3 Å². The summed E-state index contributed by atoms with van der Waals surface area (Å²) in [7, 11) is -3.87. The van der Waals surface area contributed by atoms with E-state index >= 15 is 0 Å². The zero-order valence-corrected chi connectivity index (χ0v) is 18.5. The molecule has 0 saturated heterocycles. The fourth-order valence-electron chi connectivity index (χ4n) is 3.23. The standard InChI is InChI=1S/C22H19BrN2O4S/c1-15-4-5-16-12-17(22(26)24-21(16)11-15)13-25(14-19-3-2-10-29-19)30(27,28)20-8-6-18(23)7-9-20/h2-12H,13-14H2,1H3,(H,24,26). The molecule has 0 unspecified atom stereocenters. The molecule has 0 spiro atoms. The highest BCUT2D eigenvalue weighted by Gasteiger charge is 2.26. The molecule has 2 aromatic heterocycles. The van der Waals surface area contributed by atoms with Gasteiger partial charge < -0.3 is 9.40 Å². The van der Waals surface area contributed by atoms with Gasteiger partial charge in [0.25, 0.3) is 5.56 Å². The number of aromatic amines is 1. The predicted molar refractivity (Wildman–Crippen MR) is 119 cm³/mol. The minimum Gasteiger partial charge on any atom is -0.468 e. The molecule has 6 nitrogen and oxygen atoms in total. The maximum atomic E-state index is 13.4. The van der Waals surface area contributed by atoms with Crippen LogP contribution in [-0.4, -0.2) is 17.7 Å². The number of nitrogens with one attached hydrogen (secondary N) is 1. The van der Waals surface area contributed by atoms with E-state index in [2.05, 4.69) is 20.9 Å². The smallest absolute Gasteiger partial charge is 0.252 e. The van der Waals surface area contributed by atoms with E-state index in [0.29, 0.717) is 11.3 Å². The first-order valence-electron chi connectivity index (χ1n) is 9.23. The first-order valence-corrected chi connectivity index (χ1v) is 11.5. The van der Waals surface area contributed by atoms with Crippen molar-refractivity contribution in [2.45, 2.75) is 24.9 Å². The monoisotopic (exact) mass is 486 g/mol. The number of fused-ring (bicyclic) bond motifs is 1. The zero-order chi connectivity index (χ0) is 21.3. The molecule has 0 amide bonds. The van der Waals surface area contributed by atoms with Crippen molar-refractivity contribution in [1.82, 2.24) is 9.29 Å². The molecular weight excluding hydrogens is 468 g/mol. The number of nitrogens with zero attached hydrogens (tertiary/aromatic N) is 1. The van der Waals surface area contributed by atoms with E-state index in [1.807, 2.05) is 25.1 Å². The van der Waals surface area contributed by atoms with Crippen molar-refractivity contribution in [3.05, 3.63) is 98.6 Å². The van der Waals surface area contributed by atoms with Gasteiger partial charge in [0, 0.05) is 22.1 Å². The number of pyridine rings is 1. The number of hydrogen-bond donors (Lipinski definition) is 1. The SMILES string of the molecule is Cc1ccc2cc(CN(Cc3ccco3)S(=O)(=O)c3ccc(Br)cc3)c(=O)[nH]c2c1. The fraction of sp³-hybridized carbons (Fsp3) is 0.136. The third kappa shape index (κ3) is 4.26. The van der Waals surface area contributed by atoms with Gasteiger partial charge in [-0.2, -0.15) is 4.31 Å². The number of sulfonamides is 1. The molecule has 8 heteroatoms. The third-order valence-electron chi connectivity index (χ3n) is 4.79. The van der Waals surface area contributed by atoms with Gasteiger partial charge in [-0.05, 0) is 66.4 Å². The van der Waals surface area contributed by atoms with Crippen LogP contribution in [0.5, 0.6) is 0 Å². The van der Waals surface area contributed by atoms with Gasteiger partial charge in [0.2, 0.25) is 10.0 Å². The van der Waals surface area contributed by atoms with E-state index in [0.717, 1.165) is 20.9 Å². The van der Waals surface area contributed by atoms with Crippen molar-refractivity contribution < 1.29 is 12.8 Å². The van der Waals surface area contributed by atoms with Crippen molar-refractivity contribution in [3.8, 4) is 0 Å². The van der Waals surface area contributed by atoms with Crippen LogP contribution >= 0.6 is 15.9 Å². The van der Waals surface area contributed by atoms with Crippen molar-refractivity contribution >= 4 is 36.9 Å². The lowest BCUT2D eigenvalue weighted by Gasteiger charge is -2.21. The summed E-state index contributed by atoms with van der Waals surface area (Å²) in [6.07, 6.45) is 1.49. The highest BCUT2D eigenvalue weighted by Crippen LogP contribution is 2.23. The topological polar surface area (TPSA) is 83.4 Å². The van der Waals surface area contributed by atoms with Gasteiger partial charge in [0.15, 0.2) is 0 Å². The van der Waals surface area contributed by atoms with Gasteiger partial charge in [-0.1, -0.05) is 28.1 Å². The van der Waals surface area contributed by atoms with Crippen LogP contribution in [0.2, 0.25) is 0 Å². The minimum absolute atomic E-state index is 0.0107. The molecule has 0 radical (unpaired) electrons. The molecule has 30 heavy (non-hydrogen) atoms. The lowest BCUT2D eigenvalue weighted by molar-refractivity contribution is 0.357. The molecule has 2 heterocycles. The lowest BCUT2D eigenvalue weighted by Crippen LogP contribution is -2.32. The Morgan fingerprint density at radius 3 is 2.50 bits per heavy atom. The molecule has 0 aliphatic carbocycles. The van der Waals surface area contributed by atoms with Crippen molar-refractivity contribution in [2.24, 2.45) is 0 Å². The molecule has 1 N–H and O–H groups in total. The molecule has 0 fully saturated rings. The van der Waals surface area contributed by atoms with Crippen LogP contribution in [0.4, 0.5) is 0 Å². The summed E-state index contributed by atoms with van der Waals surface area (Å²) in [5.74, 6) is 0.489. The number of benzene rings is 2. The zero-order valence-electron chi connectivity index (χ0n) is 16.1. The molecular formula is C22H19BrN2O4S. The van der Waals surface area contributed by atoms with E-state index < -0.39 is 10.0 Å². The van der Waals surface area contributed by atoms with Gasteiger partial charge in [0.05, 0.1) is 17.7 Å². The van der Waals surface area contributed by atoms with E-state index in [9.17, 15) is 13.2 Å². The first kappa shape index (κ1) is 20.6. The van der Waals surface area contributed by atoms with Crippen molar-refractivity contribution in [1.29, 1.82) is 0 Å². The highest BCUT2D eigenvalue weighted by atomic mass is 79.9. The van der Waals surface area contributed by atoms with Gasteiger partial charge >= 0.3 is 0 Å². The van der Waals surface area contributed by atoms with Gasteiger partial charge in [-0.3, -0.25) is 4.79 Å². The molecule has 0 saturated carbocycles. The molecule has 154 valence electrons. The Kier molecular flexibility index (Phi) is 5.64. The Labute approximate surface area is 182 Å². The normalized spacial score (nSPS) is 12.0. The van der Waals surface area contributed by atoms with Gasteiger partial charge in [-0.15, -0.1) is 0 Å². The highest BCUT2D eigenvalue weighted by molar-refractivity contribution is 9.10. The molecule has 0 aliphatic heterocycles. The van der Waals surface area contributed by atoms with Crippen LogP contribution < -0.4 is 5.56 Å². The molecule has 4 aromatic rings. The van der Waals surface area contributed by atoms with Crippen LogP contribution in [0.25, 0.3) is 10.9 Å². The molecule has 2 aromatic carbocycles. The average molecular weight is 487 g/mol. The van der Waals surface area contributed by atoms with Crippen molar-refractivity contribution in [3.63, 3.8) is 0 Å². The van der Waals surface area contributed by atoms with E-state index in [1.165, 1.54) is 22.7 Å². The average Bonchev–Trinajstić information content (AvgIpc) is 3.21. The predicted octanol–water partition coefficient (Wildman–Crippen LogP) is 4.58. The Bertz CT molecular complexity index is 1340. The number of halogens is 1. The maximum Gasteiger partial charge on any atom is 0.252 e. The Morgan fingerprint density at radius 2 is 1.80 bits per heavy atom. The van der Waals surface area contributed by atoms with Crippen LogP contribution in [0, 0.1) is 6.92 Å². The summed E-state index contributed by atoms with van der Waals surface area (Å²) in [5.41, 5.74) is 1.79. The number of rotatable bonds is 6.